The number of rotatable bonds is 5. The largest absolute Gasteiger partial charge is 0.383 e. The minimum absolute atomic E-state index is 0.577. The Balaban J connectivity index is 1.80. The number of aromatic nitrogens is 3. The van der Waals surface area contributed by atoms with Gasteiger partial charge in [-0.15, -0.1) is 0 Å². The van der Waals surface area contributed by atoms with Gasteiger partial charge in [-0.05, 0) is 55.6 Å². The number of benzene rings is 1. The third-order valence-electron chi connectivity index (χ3n) is 4.79. The van der Waals surface area contributed by atoms with Crippen molar-refractivity contribution in [2.24, 2.45) is 5.73 Å². The van der Waals surface area contributed by atoms with E-state index in [2.05, 4.69) is 14.9 Å². The standard InChI is InChI=1S/C20H21ClN6/c21-14-3-1-4-15(11-14)27(10-2-8-22)20-25-12-13-5-6-17-16(18(13)26-20)7-9-24-19(17)23/h1,3-4,7,9,11-12H,2,5-6,8,10,22H2,(H2,23,24). The molecule has 4 rings (SSSR count). The molecule has 138 valence electrons. The predicted molar refractivity (Wildman–Crippen MR) is 109 cm³/mol. The Hall–Kier alpha value is -2.70. The fraction of sp³-hybridized carbons (Fsp3) is 0.250. The van der Waals surface area contributed by atoms with Crippen molar-refractivity contribution in [1.82, 2.24) is 15.0 Å². The van der Waals surface area contributed by atoms with E-state index in [0.29, 0.717) is 29.9 Å². The molecule has 3 aromatic rings. The van der Waals surface area contributed by atoms with Gasteiger partial charge < -0.3 is 16.4 Å². The van der Waals surface area contributed by atoms with Gasteiger partial charge in [0, 0.05) is 40.8 Å². The van der Waals surface area contributed by atoms with Gasteiger partial charge in [-0.25, -0.2) is 15.0 Å². The van der Waals surface area contributed by atoms with E-state index in [1.807, 2.05) is 36.5 Å². The van der Waals surface area contributed by atoms with E-state index in [0.717, 1.165) is 47.3 Å². The summed E-state index contributed by atoms with van der Waals surface area (Å²) in [6.07, 6.45) is 6.18. The second-order valence-corrected chi connectivity index (χ2v) is 6.98. The molecular formula is C20H21ClN6. The lowest BCUT2D eigenvalue weighted by Gasteiger charge is -2.25. The summed E-state index contributed by atoms with van der Waals surface area (Å²) in [5.41, 5.74) is 16.9. The highest BCUT2D eigenvalue weighted by Gasteiger charge is 2.22. The predicted octanol–water partition coefficient (Wildman–Crippen LogP) is 3.36. The molecule has 0 radical (unpaired) electrons. The zero-order valence-electron chi connectivity index (χ0n) is 14.9. The van der Waals surface area contributed by atoms with E-state index in [4.69, 9.17) is 28.1 Å². The molecule has 0 atom stereocenters. The molecule has 27 heavy (non-hydrogen) atoms. The van der Waals surface area contributed by atoms with Crippen LogP contribution in [0.2, 0.25) is 5.02 Å². The van der Waals surface area contributed by atoms with Crippen LogP contribution in [0.5, 0.6) is 0 Å². The second kappa shape index (κ2) is 7.50. The fourth-order valence-electron chi connectivity index (χ4n) is 3.43. The fourth-order valence-corrected chi connectivity index (χ4v) is 3.62. The van der Waals surface area contributed by atoms with Gasteiger partial charge in [-0.3, -0.25) is 0 Å². The lowest BCUT2D eigenvalue weighted by molar-refractivity contribution is 0.795. The summed E-state index contributed by atoms with van der Waals surface area (Å²) in [7, 11) is 0. The Morgan fingerprint density at radius 3 is 2.85 bits per heavy atom. The lowest BCUT2D eigenvalue weighted by Crippen LogP contribution is -2.24. The topological polar surface area (TPSA) is 94.0 Å². The molecule has 0 amide bonds. The number of fused-ring (bicyclic) bond motifs is 3. The molecule has 2 aromatic heterocycles. The zero-order chi connectivity index (χ0) is 18.8. The van der Waals surface area contributed by atoms with Gasteiger partial charge >= 0.3 is 0 Å². The Kier molecular flexibility index (Phi) is 4.92. The molecule has 0 bridgehead atoms. The number of pyridine rings is 1. The molecule has 7 heteroatoms. The maximum atomic E-state index is 6.20. The first kappa shape index (κ1) is 17.7. The van der Waals surface area contributed by atoms with Gasteiger partial charge in [0.05, 0.1) is 5.69 Å². The summed E-state index contributed by atoms with van der Waals surface area (Å²) in [6.45, 7) is 1.30. The zero-order valence-corrected chi connectivity index (χ0v) is 15.7. The van der Waals surface area contributed by atoms with Crippen LogP contribution in [-0.4, -0.2) is 28.0 Å². The van der Waals surface area contributed by atoms with Crippen LogP contribution in [-0.2, 0) is 12.8 Å². The van der Waals surface area contributed by atoms with Crippen molar-refractivity contribution < 1.29 is 0 Å². The van der Waals surface area contributed by atoms with Crippen LogP contribution in [0.4, 0.5) is 17.5 Å². The summed E-state index contributed by atoms with van der Waals surface area (Å²) in [4.78, 5) is 15.8. The Bertz CT molecular complexity index is 974. The van der Waals surface area contributed by atoms with Crippen molar-refractivity contribution in [3.05, 3.63) is 58.9 Å². The smallest absolute Gasteiger partial charge is 0.230 e. The molecule has 4 N–H and O–H groups in total. The van der Waals surface area contributed by atoms with Crippen LogP contribution in [0, 0.1) is 0 Å². The van der Waals surface area contributed by atoms with Gasteiger partial charge in [0.25, 0.3) is 0 Å². The highest BCUT2D eigenvalue weighted by atomic mass is 35.5. The van der Waals surface area contributed by atoms with Crippen molar-refractivity contribution >= 4 is 29.1 Å². The first-order valence-electron chi connectivity index (χ1n) is 9.00. The van der Waals surface area contributed by atoms with Crippen molar-refractivity contribution in [3.8, 4) is 11.3 Å². The maximum absolute atomic E-state index is 6.20. The molecule has 6 nitrogen and oxygen atoms in total. The quantitative estimate of drug-likeness (QED) is 0.704. The first-order valence-corrected chi connectivity index (χ1v) is 9.38. The van der Waals surface area contributed by atoms with Crippen molar-refractivity contribution in [2.45, 2.75) is 19.3 Å². The Morgan fingerprint density at radius 1 is 1.15 bits per heavy atom. The normalized spacial score (nSPS) is 12.4. The summed E-state index contributed by atoms with van der Waals surface area (Å²) < 4.78 is 0. The van der Waals surface area contributed by atoms with E-state index in [1.165, 1.54) is 0 Å². The van der Waals surface area contributed by atoms with Crippen LogP contribution in [0.1, 0.15) is 17.5 Å². The average molecular weight is 381 g/mol. The molecular weight excluding hydrogens is 360 g/mol. The number of nitrogens with zero attached hydrogens (tertiary/aromatic N) is 4. The Morgan fingerprint density at radius 2 is 2.04 bits per heavy atom. The van der Waals surface area contributed by atoms with Gasteiger partial charge in [-0.1, -0.05) is 17.7 Å². The average Bonchev–Trinajstić information content (AvgIpc) is 2.68. The molecule has 0 spiro atoms. The molecule has 0 unspecified atom stereocenters. The van der Waals surface area contributed by atoms with E-state index in [9.17, 15) is 0 Å². The number of hydrogen-bond donors (Lipinski definition) is 2. The summed E-state index contributed by atoms with van der Waals surface area (Å²) in [5.74, 6) is 1.21. The monoisotopic (exact) mass is 380 g/mol. The molecule has 0 saturated heterocycles. The lowest BCUT2D eigenvalue weighted by atomic mass is 9.90. The van der Waals surface area contributed by atoms with Gasteiger partial charge in [-0.2, -0.15) is 0 Å². The molecule has 1 aliphatic carbocycles. The van der Waals surface area contributed by atoms with Crippen molar-refractivity contribution in [2.75, 3.05) is 23.7 Å². The molecule has 2 heterocycles. The number of hydrogen-bond acceptors (Lipinski definition) is 6. The van der Waals surface area contributed by atoms with E-state index < -0.39 is 0 Å². The number of halogens is 1. The second-order valence-electron chi connectivity index (χ2n) is 6.54. The van der Waals surface area contributed by atoms with Gasteiger partial charge in [0.15, 0.2) is 0 Å². The van der Waals surface area contributed by atoms with Gasteiger partial charge in [0.1, 0.15) is 5.82 Å². The van der Waals surface area contributed by atoms with Crippen molar-refractivity contribution in [3.63, 3.8) is 0 Å². The highest BCUT2D eigenvalue weighted by Crippen LogP contribution is 2.35. The summed E-state index contributed by atoms with van der Waals surface area (Å²) in [5, 5.41) is 0.674. The number of aryl methyl sites for hydroxylation is 1. The molecule has 0 aliphatic heterocycles. The minimum Gasteiger partial charge on any atom is -0.383 e. The van der Waals surface area contributed by atoms with Gasteiger partial charge in [0.2, 0.25) is 5.95 Å². The van der Waals surface area contributed by atoms with Crippen LogP contribution in [0.15, 0.2) is 42.7 Å². The van der Waals surface area contributed by atoms with E-state index in [-0.39, 0.29) is 0 Å². The van der Waals surface area contributed by atoms with Crippen molar-refractivity contribution in [1.29, 1.82) is 0 Å². The minimum atomic E-state index is 0.577. The maximum Gasteiger partial charge on any atom is 0.230 e. The number of anilines is 3. The van der Waals surface area contributed by atoms with Crippen LogP contribution < -0.4 is 16.4 Å². The van der Waals surface area contributed by atoms with Crippen LogP contribution in [0.3, 0.4) is 0 Å². The SMILES string of the molecule is NCCCN(c1cccc(Cl)c1)c1ncc2c(n1)-c1ccnc(N)c1CC2. The van der Waals surface area contributed by atoms with E-state index >= 15 is 0 Å². The number of nitrogens with two attached hydrogens (primary N) is 2. The summed E-state index contributed by atoms with van der Waals surface area (Å²) >= 11 is 6.20. The molecule has 0 saturated carbocycles. The molecule has 1 aromatic carbocycles. The third kappa shape index (κ3) is 3.46. The molecule has 0 fully saturated rings. The van der Waals surface area contributed by atoms with Crippen LogP contribution >= 0.6 is 11.6 Å². The Labute approximate surface area is 163 Å². The molecule has 1 aliphatic rings. The summed E-state index contributed by atoms with van der Waals surface area (Å²) in [6, 6.07) is 9.67. The van der Waals surface area contributed by atoms with Crippen LogP contribution in [0.25, 0.3) is 11.3 Å². The van der Waals surface area contributed by atoms with E-state index in [1.54, 1.807) is 6.20 Å². The first-order chi connectivity index (χ1) is 13.2. The highest BCUT2D eigenvalue weighted by molar-refractivity contribution is 6.30. The third-order valence-corrected chi connectivity index (χ3v) is 5.02. The number of nitrogen functional groups attached to an aromatic ring is 1.